The van der Waals surface area contributed by atoms with Crippen LogP contribution >= 0.6 is 12.2 Å². The summed E-state index contributed by atoms with van der Waals surface area (Å²) in [4.78, 5) is 2.27. The molecule has 1 atom stereocenters. The molecule has 0 aromatic heterocycles. The van der Waals surface area contributed by atoms with Crippen LogP contribution < -0.4 is 14.8 Å². The maximum Gasteiger partial charge on any atom is 0.173 e. The highest BCUT2D eigenvalue weighted by molar-refractivity contribution is 7.80. The smallest absolute Gasteiger partial charge is 0.173 e. The van der Waals surface area contributed by atoms with Crippen molar-refractivity contribution in [2.45, 2.75) is 25.8 Å². The van der Waals surface area contributed by atoms with Gasteiger partial charge in [0.15, 0.2) is 16.6 Å². The zero-order valence-electron chi connectivity index (χ0n) is 14.9. The summed E-state index contributed by atoms with van der Waals surface area (Å²) in [6.07, 6.45) is 2.19. The maximum absolute atomic E-state index is 5.70. The minimum absolute atomic E-state index is 0.254. The van der Waals surface area contributed by atoms with Crippen molar-refractivity contribution in [2.24, 2.45) is 0 Å². The Bertz CT molecular complexity index is 763. The van der Waals surface area contributed by atoms with E-state index < -0.39 is 0 Å². The fourth-order valence-corrected chi connectivity index (χ4v) is 3.65. The standard InChI is InChI=1S/C20H24N2O2S/c1-14-7-4-5-8-16(14)21-20(25)22-12-6-9-17(22)15-10-11-18(23-2)19(13-15)24-3/h4-5,7-8,10-11,13,17H,6,9,12H2,1-3H3,(H,21,25)/t17-/m0/s1. The zero-order valence-corrected chi connectivity index (χ0v) is 15.7. The first kappa shape index (κ1) is 17.5. The Morgan fingerprint density at radius 1 is 1.12 bits per heavy atom. The topological polar surface area (TPSA) is 33.7 Å². The average Bonchev–Trinajstić information content (AvgIpc) is 3.13. The third kappa shape index (κ3) is 3.71. The van der Waals surface area contributed by atoms with Crippen molar-refractivity contribution in [1.82, 2.24) is 4.90 Å². The third-order valence-corrected chi connectivity index (χ3v) is 5.03. The van der Waals surface area contributed by atoms with Crippen LogP contribution in [0.2, 0.25) is 0 Å². The summed E-state index contributed by atoms with van der Waals surface area (Å²) in [7, 11) is 3.32. The van der Waals surface area contributed by atoms with Crippen molar-refractivity contribution in [2.75, 3.05) is 26.1 Å². The van der Waals surface area contributed by atoms with Gasteiger partial charge in [-0.2, -0.15) is 0 Å². The predicted octanol–water partition coefficient (Wildman–Crippen LogP) is 4.55. The molecular formula is C20H24N2O2S. The number of nitrogens with zero attached hydrogens (tertiary/aromatic N) is 1. The molecule has 1 N–H and O–H groups in total. The number of anilines is 1. The average molecular weight is 356 g/mol. The zero-order chi connectivity index (χ0) is 17.8. The number of hydrogen-bond donors (Lipinski definition) is 1. The van der Waals surface area contributed by atoms with Gasteiger partial charge in [0.25, 0.3) is 0 Å². The molecule has 132 valence electrons. The van der Waals surface area contributed by atoms with Gasteiger partial charge in [0.1, 0.15) is 0 Å². The molecule has 1 aliphatic rings. The van der Waals surface area contributed by atoms with E-state index in [2.05, 4.69) is 41.4 Å². The first-order chi connectivity index (χ1) is 12.1. The molecule has 0 bridgehead atoms. The number of thiocarbonyl (C=S) groups is 1. The molecule has 0 aliphatic carbocycles. The van der Waals surface area contributed by atoms with Crippen molar-refractivity contribution >= 4 is 23.0 Å². The molecule has 0 saturated carbocycles. The van der Waals surface area contributed by atoms with Crippen LogP contribution in [0.5, 0.6) is 11.5 Å². The molecule has 1 saturated heterocycles. The second-order valence-corrected chi connectivity index (χ2v) is 6.60. The second kappa shape index (κ2) is 7.74. The molecular weight excluding hydrogens is 332 g/mol. The van der Waals surface area contributed by atoms with Crippen LogP contribution in [0.1, 0.15) is 30.0 Å². The van der Waals surface area contributed by atoms with Gasteiger partial charge in [-0.25, -0.2) is 0 Å². The SMILES string of the molecule is COc1ccc([C@@H]2CCCN2C(=S)Nc2ccccc2C)cc1OC. The summed E-state index contributed by atoms with van der Waals surface area (Å²) in [6.45, 7) is 3.04. The van der Waals surface area contributed by atoms with E-state index in [4.69, 9.17) is 21.7 Å². The largest absolute Gasteiger partial charge is 0.493 e. The van der Waals surface area contributed by atoms with Gasteiger partial charge in [-0.3, -0.25) is 0 Å². The number of nitrogens with one attached hydrogen (secondary N) is 1. The lowest BCUT2D eigenvalue weighted by molar-refractivity contribution is 0.351. The Balaban J connectivity index is 1.80. The molecule has 0 unspecified atom stereocenters. The Labute approximate surface area is 154 Å². The molecule has 25 heavy (non-hydrogen) atoms. The van der Waals surface area contributed by atoms with Crippen LogP contribution in [0, 0.1) is 6.92 Å². The molecule has 5 heteroatoms. The molecule has 3 rings (SSSR count). The summed E-state index contributed by atoms with van der Waals surface area (Å²) in [5.74, 6) is 1.50. The van der Waals surface area contributed by atoms with Crippen molar-refractivity contribution < 1.29 is 9.47 Å². The monoisotopic (exact) mass is 356 g/mol. The van der Waals surface area contributed by atoms with E-state index in [1.807, 2.05) is 18.2 Å². The molecule has 1 aliphatic heterocycles. The first-order valence-electron chi connectivity index (χ1n) is 8.49. The van der Waals surface area contributed by atoms with Crippen molar-refractivity contribution in [3.8, 4) is 11.5 Å². The predicted molar refractivity (Wildman–Crippen MR) is 106 cm³/mol. The van der Waals surface area contributed by atoms with Crippen LogP contribution in [-0.2, 0) is 0 Å². The van der Waals surface area contributed by atoms with Crippen LogP contribution in [0.4, 0.5) is 5.69 Å². The van der Waals surface area contributed by atoms with Gasteiger partial charge >= 0.3 is 0 Å². The molecule has 0 amide bonds. The third-order valence-electron chi connectivity index (χ3n) is 4.69. The van der Waals surface area contributed by atoms with Crippen LogP contribution in [0.3, 0.4) is 0 Å². The fraction of sp³-hybridized carbons (Fsp3) is 0.350. The van der Waals surface area contributed by atoms with Gasteiger partial charge in [-0.05, 0) is 61.3 Å². The van der Waals surface area contributed by atoms with E-state index in [-0.39, 0.29) is 6.04 Å². The number of para-hydroxylation sites is 1. The number of rotatable bonds is 4. The minimum atomic E-state index is 0.254. The highest BCUT2D eigenvalue weighted by Gasteiger charge is 2.28. The van der Waals surface area contributed by atoms with E-state index in [0.29, 0.717) is 0 Å². The number of methoxy groups -OCH3 is 2. The summed E-state index contributed by atoms with van der Waals surface area (Å²) in [6, 6.07) is 14.6. The van der Waals surface area contributed by atoms with Gasteiger partial charge < -0.3 is 19.7 Å². The highest BCUT2D eigenvalue weighted by Crippen LogP contribution is 2.37. The molecule has 1 heterocycles. The molecule has 2 aromatic carbocycles. The Kier molecular flexibility index (Phi) is 5.43. The number of likely N-dealkylation sites (tertiary alicyclic amines) is 1. The molecule has 0 spiro atoms. The Hall–Kier alpha value is -2.27. The second-order valence-electron chi connectivity index (χ2n) is 6.21. The summed E-state index contributed by atoms with van der Waals surface area (Å²) in [5, 5.41) is 4.17. The van der Waals surface area contributed by atoms with E-state index in [1.54, 1.807) is 14.2 Å². The number of ether oxygens (including phenoxy) is 2. The van der Waals surface area contributed by atoms with E-state index in [1.165, 1.54) is 11.1 Å². The maximum atomic E-state index is 5.70. The van der Waals surface area contributed by atoms with Crippen LogP contribution in [0.15, 0.2) is 42.5 Å². The van der Waals surface area contributed by atoms with Crippen molar-refractivity contribution in [3.05, 3.63) is 53.6 Å². The Morgan fingerprint density at radius 3 is 2.60 bits per heavy atom. The van der Waals surface area contributed by atoms with Gasteiger partial charge in [-0.15, -0.1) is 0 Å². The number of aryl methyl sites for hydroxylation is 1. The Morgan fingerprint density at radius 2 is 1.88 bits per heavy atom. The van der Waals surface area contributed by atoms with Crippen molar-refractivity contribution in [3.63, 3.8) is 0 Å². The van der Waals surface area contributed by atoms with Crippen LogP contribution in [0.25, 0.3) is 0 Å². The first-order valence-corrected chi connectivity index (χ1v) is 8.90. The van der Waals surface area contributed by atoms with Gasteiger partial charge in [0, 0.05) is 12.2 Å². The minimum Gasteiger partial charge on any atom is -0.493 e. The number of benzene rings is 2. The number of hydrogen-bond acceptors (Lipinski definition) is 3. The molecule has 0 radical (unpaired) electrons. The molecule has 1 fully saturated rings. The summed E-state index contributed by atoms with van der Waals surface area (Å²) in [5.41, 5.74) is 3.45. The normalized spacial score (nSPS) is 16.6. The van der Waals surface area contributed by atoms with Crippen LogP contribution in [-0.4, -0.2) is 30.8 Å². The summed E-state index contributed by atoms with van der Waals surface area (Å²) >= 11 is 5.70. The van der Waals surface area contributed by atoms with Gasteiger partial charge in [0.05, 0.1) is 20.3 Å². The van der Waals surface area contributed by atoms with Gasteiger partial charge in [-0.1, -0.05) is 24.3 Å². The van der Waals surface area contributed by atoms with Crippen molar-refractivity contribution in [1.29, 1.82) is 0 Å². The lowest BCUT2D eigenvalue weighted by atomic mass is 10.0. The fourth-order valence-electron chi connectivity index (χ4n) is 3.32. The molecule has 4 nitrogen and oxygen atoms in total. The quantitative estimate of drug-likeness (QED) is 0.813. The van der Waals surface area contributed by atoms with E-state index in [0.717, 1.165) is 41.7 Å². The lowest BCUT2D eigenvalue weighted by Crippen LogP contribution is -2.34. The summed E-state index contributed by atoms with van der Waals surface area (Å²) < 4.78 is 10.8. The van der Waals surface area contributed by atoms with E-state index in [9.17, 15) is 0 Å². The van der Waals surface area contributed by atoms with Gasteiger partial charge in [0.2, 0.25) is 0 Å². The molecule has 2 aromatic rings. The lowest BCUT2D eigenvalue weighted by Gasteiger charge is -2.28. The van der Waals surface area contributed by atoms with E-state index >= 15 is 0 Å². The highest BCUT2D eigenvalue weighted by atomic mass is 32.1.